The van der Waals surface area contributed by atoms with Crippen molar-refractivity contribution in [3.05, 3.63) is 107 Å². The fourth-order valence-electron chi connectivity index (χ4n) is 3.55. The molecule has 0 N–H and O–H groups in total. The van der Waals surface area contributed by atoms with E-state index in [2.05, 4.69) is 0 Å². The van der Waals surface area contributed by atoms with Crippen molar-refractivity contribution in [2.24, 2.45) is 0 Å². The summed E-state index contributed by atoms with van der Waals surface area (Å²) in [5.41, 5.74) is 1.36. The van der Waals surface area contributed by atoms with Crippen LogP contribution in [-0.2, 0) is 16.1 Å². The van der Waals surface area contributed by atoms with Gasteiger partial charge < -0.3 is 4.90 Å². The summed E-state index contributed by atoms with van der Waals surface area (Å²) >= 11 is 0. The highest BCUT2D eigenvalue weighted by atomic mass is 19.1. The molecule has 0 fully saturated rings. The first kappa shape index (κ1) is 19.5. The van der Waals surface area contributed by atoms with Gasteiger partial charge in [0.25, 0.3) is 11.8 Å². The summed E-state index contributed by atoms with van der Waals surface area (Å²) in [7, 11) is 1.70. The Balaban J connectivity index is 1.82. The van der Waals surface area contributed by atoms with Crippen molar-refractivity contribution in [2.75, 3.05) is 11.9 Å². The van der Waals surface area contributed by atoms with Crippen molar-refractivity contribution in [1.29, 1.82) is 0 Å². The van der Waals surface area contributed by atoms with E-state index < -0.39 is 29.1 Å². The number of halogens is 2. The third-order valence-corrected chi connectivity index (χ3v) is 4.92. The van der Waals surface area contributed by atoms with Crippen LogP contribution in [0.5, 0.6) is 0 Å². The first-order chi connectivity index (χ1) is 14.5. The van der Waals surface area contributed by atoms with Gasteiger partial charge in [0.05, 0.1) is 11.3 Å². The third-order valence-electron chi connectivity index (χ3n) is 4.92. The molecule has 3 aromatic carbocycles. The van der Waals surface area contributed by atoms with E-state index in [1.807, 2.05) is 30.3 Å². The van der Waals surface area contributed by atoms with Gasteiger partial charge in [0.2, 0.25) is 0 Å². The maximum Gasteiger partial charge on any atom is 0.282 e. The largest absolute Gasteiger partial charge is 0.365 e. The summed E-state index contributed by atoms with van der Waals surface area (Å²) in [5.74, 6) is -2.97. The molecule has 3 aromatic rings. The number of anilines is 1. The molecular weight excluding hydrogens is 386 g/mol. The summed E-state index contributed by atoms with van der Waals surface area (Å²) in [5, 5.41) is 0. The molecule has 1 heterocycles. The smallest absolute Gasteiger partial charge is 0.282 e. The monoisotopic (exact) mass is 404 g/mol. The highest BCUT2D eigenvalue weighted by molar-refractivity contribution is 6.45. The Morgan fingerprint density at radius 3 is 2.13 bits per heavy atom. The lowest BCUT2D eigenvalue weighted by molar-refractivity contribution is -0.120. The Bertz CT molecular complexity index is 1140. The minimum Gasteiger partial charge on any atom is -0.365 e. The van der Waals surface area contributed by atoms with Gasteiger partial charge in [-0.05, 0) is 23.3 Å². The number of amides is 2. The third kappa shape index (κ3) is 3.48. The summed E-state index contributed by atoms with van der Waals surface area (Å²) < 4.78 is 28.2. The average Bonchev–Trinajstić information content (AvgIpc) is 3.01. The predicted molar refractivity (Wildman–Crippen MR) is 110 cm³/mol. The molecule has 0 unspecified atom stereocenters. The second-order valence-electron chi connectivity index (χ2n) is 6.97. The summed E-state index contributed by atoms with van der Waals surface area (Å²) in [6, 6.07) is 20.9. The molecule has 4 nitrogen and oxygen atoms in total. The van der Waals surface area contributed by atoms with Crippen molar-refractivity contribution in [1.82, 2.24) is 4.90 Å². The van der Waals surface area contributed by atoms with Gasteiger partial charge in [-0.2, -0.15) is 0 Å². The van der Waals surface area contributed by atoms with E-state index in [1.165, 1.54) is 0 Å². The van der Waals surface area contributed by atoms with E-state index in [-0.39, 0.29) is 11.3 Å². The summed E-state index contributed by atoms with van der Waals surface area (Å²) in [6.07, 6.45) is 0. The van der Waals surface area contributed by atoms with Gasteiger partial charge in [-0.15, -0.1) is 0 Å². The lowest BCUT2D eigenvalue weighted by atomic mass is 10.0. The van der Waals surface area contributed by atoms with Crippen molar-refractivity contribution in [3.8, 4) is 0 Å². The minimum absolute atomic E-state index is 0.138. The number of hydrogen-bond donors (Lipinski definition) is 0. The zero-order chi connectivity index (χ0) is 21.3. The fourth-order valence-corrected chi connectivity index (χ4v) is 3.55. The molecule has 6 heteroatoms. The molecule has 0 bridgehead atoms. The molecule has 0 saturated carbocycles. The Kier molecular flexibility index (Phi) is 5.14. The van der Waals surface area contributed by atoms with Gasteiger partial charge in [0, 0.05) is 19.7 Å². The van der Waals surface area contributed by atoms with Crippen LogP contribution in [-0.4, -0.2) is 23.8 Å². The molecule has 0 aliphatic carbocycles. The molecule has 1 aliphatic rings. The Morgan fingerprint density at radius 2 is 1.47 bits per heavy atom. The second-order valence-corrected chi connectivity index (χ2v) is 6.97. The highest BCUT2D eigenvalue weighted by Gasteiger charge is 2.42. The maximum absolute atomic E-state index is 14.4. The molecule has 4 rings (SSSR count). The summed E-state index contributed by atoms with van der Waals surface area (Å²) in [6.45, 7) is 0.366. The number of benzene rings is 3. The SMILES string of the molecule is CN(Cc1ccccc1)C1=C(c2ccccc2)C(=O)N(c2cc(F)ccc2F)C1=O. The van der Waals surface area contributed by atoms with Crippen LogP contribution < -0.4 is 4.90 Å². The second kappa shape index (κ2) is 7.91. The number of imide groups is 1. The molecule has 150 valence electrons. The van der Waals surface area contributed by atoms with E-state index >= 15 is 0 Å². The van der Waals surface area contributed by atoms with Gasteiger partial charge >= 0.3 is 0 Å². The van der Waals surface area contributed by atoms with Crippen LogP contribution in [0.15, 0.2) is 84.6 Å². The average molecular weight is 404 g/mol. The number of hydrogen-bond acceptors (Lipinski definition) is 3. The molecule has 1 aliphatic heterocycles. The van der Waals surface area contributed by atoms with Crippen molar-refractivity contribution >= 4 is 23.1 Å². The zero-order valence-corrected chi connectivity index (χ0v) is 16.2. The Morgan fingerprint density at radius 1 is 0.833 bits per heavy atom. The highest BCUT2D eigenvalue weighted by Crippen LogP contribution is 2.36. The molecule has 2 amide bonds. The van der Waals surface area contributed by atoms with Gasteiger partial charge in [-0.3, -0.25) is 9.59 Å². The van der Waals surface area contributed by atoms with E-state index in [1.54, 1.807) is 42.3 Å². The predicted octanol–water partition coefficient (Wildman–Crippen LogP) is 4.38. The van der Waals surface area contributed by atoms with Crippen LogP contribution in [0, 0.1) is 11.6 Å². The Hall–Kier alpha value is -3.80. The first-order valence-corrected chi connectivity index (χ1v) is 9.36. The van der Waals surface area contributed by atoms with Crippen molar-refractivity contribution in [2.45, 2.75) is 6.54 Å². The number of carbonyl (C=O) groups is 2. The van der Waals surface area contributed by atoms with Gasteiger partial charge in [-0.25, -0.2) is 13.7 Å². The molecule has 0 atom stereocenters. The lowest BCUT2D eigenvalue weighted by Gasteiger charge is -2.22. The van der Waals surface area contributed by atoms with Crippen LogP contribution in [0.2, 0.25) is 0 Å². The Labute approximate surface area is 172 Å². The van der Waals surface area contributed by atoms with E-state index in [4.69, 9.17) is 0 Å². The standard InChI is InChI=1S/C24H18F2N2O2/c1-27(15-16-8-4-2-5-9-16)22-21(17-10-6-3-7-11-17)23(29)28(24(22)30)20-14-18(25)12-13-19(20)26/h2-14H,15H2,1H3. The molecule has 0 aromatic heterocycles. The van der Waals surface area contributed by atoms with Crippen LogP contribution >= 0.6 is 0 Å². The topological polar surface area (TPSA) is 40.6 Å². The normalized spacial score (nSPS) is 13.9. The minimum atomic E-state index is -0.850. The van der Waals surface area contributed by atoms with Gasteiger partial charge in [0.15, 0.2) is 0 Å². The number of nitrogens with zero attached hydrogens (tertiary/aromatic N) is 2. The molecule has 30 heavy (non-hydrogen) atoms. The number of carbonyl (C=O) groups excluding carboxylic acids is 2. The number of rotatable bonds is 5. The zero-order valence-electron chi connectivity index (χ0n) is 16.2. The molecular formula is C24H18F2N2O2. The van der Waals surface area contributed by atoms with Crippen molar-refractivity contribution < 1.29 is 18.4 Å². The van der Waals surface area contributed by atoms with Crippen LogP contribution in [0.3, 0.4) is 0 Å². The quantitative estimate of drug-likeness (QED) is 0.593. The summed E-state index contributed by atoms with van der Waals surface area (Å²) in [4.78, 5) is 29.0. The van der Waals surface area contributed by atoms with Gasteiger partial charge in [-0.1, -0.05) is 60.7 Å². The fraction of sp³-hybridized carbons (Fsp3) is 0.0833. The first-order valence-electron chi connectivity index (χ1n) is 9.36. The van der Waals surface area contributed by atoms with E-state index in [0.717, 1.165) is 23.8 Å². The van der Waals surface area contributed by atoms with Crippen LogP contribution in [0.1, 0.15) is 11.1 Å². The van der Waals surface area contributed by atoms with E-state index in [0.29, 0.717) is 17.0 Å². The van der Waals surface area contributed by atoms with Gasteiger partial charge in [0.1, 0.15) is 17.3 Å². The van der Waals surface area contributed by atoms with Crippen molar-refractivity contribution in [3.63, 3.8) is 0 Å². The van der Waals surface area contributed by atoms with E-state index in [9.17, 15) is 18.4 Å². The molecule has 0 saturated heterocycles. The lowest BCUT2D eigenvalue weighted by Crippen LogP contribution is -2.34. The molecule has 0 radical (unpaired) electrons. The van der Waals surface area contributed by atoms with Crippen LogP contribution in [0.4, 0.5) is 14.5 Å². The molecule has 0 spiro atoms. The maximum atomic E-state index is 14.4. The van der Waals surface area contributed by atoms with Crippen LogP contribution in [0.25, 0.3) is 5.57 Å². The number of likely N-dealkylation sites (N-methyl/N-ethyl adjacent to an activating group) is 1.